The van der Waals surface area contributed by atoms with Gasteiger partial charge in [0.25, 0.3) is 0 Å². The normalized spacial score (nSPS) is 11.0. The maximum absolute atomic E-state index is 11.4. The molecule has 1 amide bonds. The average molecular weight is 309 g/mol. The Labute approximate surface area is 132 Å². The van der Waals surface area contributed by atoms with Gasteiger partial charge < -0.3 is 5.32 Å². The zero-order valence-corrected chi connectivity index (χ0v) is 12.9. The summed E-state index contributed by atoms with van der Waals surface area (Å²) >= 11 is 1.63. The van der Waals surface area contributed by atoms with Gasteiger partial charge in [-0.05, 0) is 29.7 Å². The summed E-state index contributed by atoms with van der Waals surface area (Å²) in [5.74, 6) is -0.135. The van der Waals surface area contributed by atoms with E-state index in [2.05, 4.69) is 10.4 Å². The second kappa shape index (κ2) is 6.41. The second-order valence-electron chi connectivity index (χ2n) is 4.64. The SMILES string of the molecule is CNC(=O)/C=C/c1cn(-c2ccccc2)nc1-c1cccs1. The number of benzene rings is 1. The van der Waals surface area contributed by atoms with Gasteiger partial charge in [-0.15, -0.1) is 11.3 Å². The van der Waals surface area contributed by atoms with Gasteiger partial charge in [0.1, 0.15) is 5.69 Å². The van der Waals surface area contributed by atoms with Gasteiger partial charge in [0.15, 0.2) is 0 Å². The van der Waals surface area contributed by atoms with Crippen LogP contribution in [0.15, 0.2) is 60.1 Å². The molecular weight excluding hydrogens is 294 g/mol. The summed E-state index contributed by atoms with van der Waals surface area (Å²) in [6.45, 7) is 0. The highest BCUT2D eigenvalue weighted by Crippen LogP contribution is 2.28. The number of thiophene rings is 1. The molecule has 0 fully saturated rings. The molecule has 0 spiro atoms. The number of hydrogen-bond acceptors (Lipinski definition) is 3. The van der Waals surface area contributed by atoms with E-state index in [1.54, 1.807) is 24.5 Å². The van der Waals surface area contributed by atoms with Crippen molar-refractivity contribution in [3.63, 3.8) is 0 Å². The van der Waals surface area contributed by atoms with Crippen molar-refractivity contribution in [2.75, 3.05) is 7.05 Å². The van der Waals surface area contributed by atoms with Crippen LogP contribution in [0.3, 0.4) is 0 Å². The molecular formula is C17H15N3OS. The number of nitrogens with zero attached hydrogens (tertiary/aromatic N) is 2. The van der Waals surface area contributed by atoms with Crippen molar-refractivity contribution < 1.29 is 4.79 Å². The standard InChI is InChI=1S/C17H15N3OS/c1-18-16(21)10-9-13-12-20(14-6-3-2-4-7-14)19-17(13)15-8-5-11-22-15/h2-12H,1H3,(H,18,21)/b10-9+. The van der Waals surface area contributed by atoms with E-state index in [0.29, 0.717) is 0 Å². The van der Waals surface area contributed by atoms with Gasteiger partial charge >= 0.3 is 0 Å². The summed E-state index contributed by atoms with van der Waals surface area (Å²) in [4.78, 5) is 12.5. The van der Waals surface area contributed by atoms with Crippen molar-refractivity contribution in [3.8, 4) is 16.3 Å². The fraction of sp³-hybridized carbons (Fsp3) is 0.0588. The predicted molar refractivity (Wildman–Crippen MR) is 90.0 cm³/mol. The summed E-state index contributed by atoms with van der Waals surface area (Å²) < 4.78 is 1.83. The number of amides is 1. The highest BCUT2D eigenvalue weighted by molar-refractivity contribution is 7.13. The van der Waals surface area contributed by atoms with Gasteiger partial charge in [-0.2, -0.15) is 5.10 Å². The quantitative estimate of drug-likeness (QED) is 0.751. The highest BCUT2D eigenvalue weighted by atomic mass is 32.1. The van der Waals surface area contributed by atoms with Gasteiger partial charge in [0.2, 0.25) is 5.91 Å². The van der Waals surface area contributed by atoms with Crippen LogP contribution in [0.4, 0.5) is 0 Å². The van der Waals surface area contributed by atoms with E-state index in [9.17, 15) is 4.79 Å². The number of carbonyl (C=O) groups is 1. The van der Waals surface area contributed by atoms with Gasteiger partial charge in [-0.3, -0.25) is 4.79 Å². The van der Waals surface area contributed by atoms with E-state index < -0.39 is 0 Å². The molecule has 5 heteroatoms. The van der Waals surface area contributed by atoms with Crippen molar-refractivity contribution in [1.29, 1.82) is 0 Å². The smallest absolute Gasteiger partial charge is 0.243 e. The average Bonchev–Trinajstić information content (AvgIpc) is 3.22. The number of carbonyl (C=O) groups excluding carboxylic acids is 1. The minimum absolute atomic E-state index is 0.135. The van der Waals surface area contributed by atoms with Crippen LogP contribution in [0, 0.1) is 0 Å². The van der Waals surface area contributed by atoms with Crippen LogP contribution in [-0.4, -0.2) is 22.7 Å². The largest absolute Gasteiger partial charge is 0.356 e. The molecule has 0 saturated carbocycles. The van der Waals surface area contributed by atoms with Gasteiger partial charge in [0, 0.05) is 24.9 Å². The lowest BCUT2D eigenvalue weighted by Crippen LogP contribution is -2.13. The predicted octanol–water partition coefficient (Wildman–Crippen LogP) is 3.36. The van der Waals surface area contributed by atoms with Gasteiger partial charge in [0.05, 0.1) is 10.6 Å². The molecule has 2 aromatic heterocycles. The molecule has 0 radical (unpaired) electrons. The minimum atomic E-state index is -0.135. The molecule has 1 N–H and O–H groups in total. The molecule has 1 aromatic carbocycles. The van der Waals surface area contributed by atoms with Crippen LogP contribution in [0.1, 0.15) is 5.56 Å². The minimum Gasteiger partial charge on any atom is -0.356 e. The summed E-state index contributed by atoms with van der Waals surface area (Å²) in [7, 11) is 1.61. The topological polar surface area (TPSA) is 46.9 Å². The van der Waals surface area contributed by atoms with E-state index in [4.69, 9.17) is 0 Å². The third-order valence-electron chi connectivity index (χ3n) is 3.18. The summed E-state index contributed by atoms with van der Waals surface area (Å²) in [6.07, 6.45) is 5.24. The maximum atomic E-state index is 11.4. The Kier molecular flexibility index (Phi) is 4.16. The molecule has 0 unspecified atom stereocenters. The number of aromatic nitrogens is 2. The molecule has 0 bridgehead atoms. The van der Waals surface area contributed by atoms with Crippen molar-refractivity contribution in [1.82, 2.24) is 15.1 Å². The van der Waals surface area contributed by atoms with E-state index in [0.717, 1.165) is 21.8 Å². The highest BCUT2D eigenvalue weighted by Gasteiger charge is 2.11. The van der Waals surface area contributed by atoms with Crippen molar-refractivity contribution in [3.05, 3.63) is 65.7 Å². The third kappa shape index (κ3) is 2.99. The van der Waals surface area contributed by atoms with Crippen LogP contribution in [0.5, 0.6) is 0 Å². The molecule has 3 aromatic rings. The first-order chi connectivity index (χ1) is 10.8. The third-order valence-corrected chi connectivity index (χ3v) is 4.06. The molecule has 0 aliphatic heterocycles. The van der Waals surface area contributed by atoms with Crippen LogP contribution >= 0.6 is 11.3 Å². The van der Waals surface area contributed by atoms with Crippen LogP contribution in [-0.2, 0) is 4.79 Å². The lowest BCUT2D eigenvalue weighted by atomic mass is 10.2. The van der Waals surface area contributed by atoms with E-state index >= 15 is 0 Å². The van der Waals surface area contributed by atoms with Gasteiger partial charge in [-0.1, -0.05) is 24.3 Å². The summed E-state index contributed by atoms with van der Waals surface area (Å²) in [6, 6.07) is 13.9. The van der Waals surface area contributed by atoms with Gasteiger partial charge in [-0.25, -0.2) is 4.68 Å². The molecule has 0 atom stereocenters. The lowest BCUT2D eigenvalue weighted by Gasteiger charge is -1.99. The van der Waals surface area contributed by atoms with Crippen LogP contribution < -0.4 is 5.32 Å². The first-order valence-electron chi connectivity index (χ1n) is 6.86. The van der Waals surface area contributed by atoms with E-state index in [1.807, 2.05) is 58.7 Å². The van der Waals surface area contributed by atoms with Crippen molar-refractivity contribution >= 4 is 23.3 Å². The van der Waals surface area contributed by atoms with E-state index in [-0.39, 0.29) is 5.91 Å². The zero-order chi connectivity index (χ0) is 15.4. The molecule has 2 heterocycles. The lowest BCUT2D eigenvalue weighted by molar-refractivity contribution is -0.115. The Balaban J connectivity index is 2.05. The number of nitrogens with one attached hydrogen (secondary N) is 1. The van der Waals surface area contributed by atoms with Crippen LogP contribution in [0.2, 0.25) is 0 Å². The molecule has 22 heavy (non-hydrogen) atoms. The molecule has 4 nitrogen and oxygen atoms in total. The summed E-state index contributed by atoms with van der Waals surface area (Å²) in [5.41, 5.74) is 2.77. The molecule has 3 rings (SSSR count). The van der Waals surface area contributed by atoms with E-state index in [1.165, 1.54) is 6.08 Å². The zero-order valence-electron chi connectivity index (χ0n) is 12.1. The Morgan fingerprint density at radius 1 is 1.23 bits per heavy atom. The van der Waals surface area contributed by atoms with Crippen molar-refractivity contribution in [2.45, 2.75) is 0 Å². The Morgan fingerprint density at radius 2 is 2.05 bits per heavy atom. The molecule has 110 valence electrons. The number of likely N-dealkylation sites (N-methyl/N-ethyl adjacent to an activating group) is 1. The first kappa shape index (κ1) is 14.3. The second-order valence-corrected chi connectivity index (χ2v) is 5.59. The fourth-order valence-electron chi connectivity index (χ4n) is 2.08. The Morgan fingerprint density at radius 3 is 2.73 bits per heavy atom. The monoisotopic (exact) mass is 309 g/mol. The molecule has 0 aliphatic rings. The molecule has 0 saturated heterocycles. The first-order valence-corrected chi connectivity index (χ1v) is 7.74. The number of para-hydroxylation sites is 1. The number of hydrogen-bond donors (Lipinski definition) is 1. The Hall–Kier alpha value is -2.66. The maximum Gasteiger partial charge on any atom is 0.243 e. The fourth-order valence-corrected chi connectivity index (χ4v) is 2.81. The Bertz CT molecular complexity index is 789. The molecule has 0 aliphatic carbocycles. The summed E-state index contributed by atoms with van der Waals surface area (Å²) in [5, 5.41) is 9.27. The van der Waals surface area contributed by atoms with Crippen molar-refractivity contribution in [2.24, 2.45) is 0 Å². The van der Waals surface area contributed by atoms with Crippen LogP contribution in [0.25, 0.3) is 22.3 Å². The number of rotatable bonds is 4.